The van der Waals surface area contributed by atoms with E-state index in [0.29, 0.717) is 17.9 Å². The molecule has 1 aromatic rings. The van der Waals surface area contributed by atoms with E-state index in [1.54, 1.807) is 11.3 Å². The van der Waals surface area contributed by atoms with E-state index in [2.05, 4.69) is 4.90 Å². The molecule has 0 spiro atoms. The lowest BCUT2D eigenvalue weighted by Crippen LogP contribution is -2.46. The number of piperidine rings is 1. The fraction of sp³-hybridized carbons (Fsp3) is 0.800. The third-order valence-electron chi connectivity index (χ3n) is 6.81. The minimum Gasteiger partial charge on any atom is -0.467 e. The Labute approximate surface area is 159 Å². The first-order valence-electron chi connectivity index (χ1n) is 10.4. The predicted octanol–water partition coefficient (Wildman–Crippen LogP) is 3.22. The first kappa shape index (κ1) is 17.0. The number of carbonyl (C=O) groups excluding carboxylic acids is 1. The van der Waals surface area contributed by atoms with E-state index in [1.807, 2.05) is 4.90 Å². The van der Waals surface area contributed by atoms with E-state index < -0.39 is 0 Å². The molecule has 142 valence electrons. The third kappa shape index (κ3) is 3.26. The first-order valence-corrected chi connectivity index (χ1v) is 11.3. The molecule has 2 aliphatic heterocycles. The summed E-state index contributed by atoms with van der Waals surface area (Å²) in [5.74, 6) is 0.655. The molecule has 6 heteroatoms. The zero-order valence-corrected chi connectivity index (χ0v) is 16.3. The molecule has 3 fully saturated rings. The Bertz CT molecular complexity index is 660. The monoisotopic (exact) mass is 375 g/mol. The highest BCUT2D eigenvalue weighted by molar-refractivity contribution is 7.13. The summed E-state index contributed by atoms with van der Waals surface area (Å²) in [6, 6.07) is 0.849. The molecule has 0 N–H and O–H groups in total. The zero-order chi connectivity index (χ0) is 17.5. The van der Waals surface area contributed by atoms with Crippen molar-refractivity contribution in [2.45, 2.75) is 76.5 Å². The molecule has 0 radical (unpaired) electrons. The van der Waals surface area contributed by atoms with E-state index in [0.717, 1.165) is 62.1 Å². The summed E-state index contributed by atoms with van der Waals surface area (Å²) in [6.07, 6.45) is 11.0. The highest BCUT2D eigenvalue weighted by Crippen LogP contribution is 2.35. The summed E-state index contributed by atoms with van der Waals surface area (Å²) < 4.78 is 6.24. The van der Waals surface area contributed by atoms with Crippen LogP contribution in [-0.4, -0.2) is 52.5 Å². The van der Waals surface area contributed by atoms with Gasteiger partial charge in [-0.2, -0.15) is 0 Å². The lowest BCUT2D eigenvalue weighted by molar-refractivity contribution is -0.139. The van der Waals surface area contributed by atoms with Gasteiger partial charge in [0.25, 0.3) is 5.19 Å². The van der Waals surface area contributed by atoms with Crippen LogP contribution in [0.25, 0.3) is 0 Å². The number of nitrogens with zero attached hydrogens (tertiary/aromatic N) is 3. The van der Waals surface area contributed by atoms with Crippen molar-refractivity contribution in [3.8, 4) is 5.19 Å². The standard InChI is InChI=1S/C20H29N3O2S/c24-19(14-3-1-4-14)23-12-9-17-18(13-23)26-20(21-17)25-16-7-10-22(11-8-16)15-5-2-6-15/h14-16H,1-13H2. The number of amides is 1. The molecule has 2 aliphatic carbocycles. The second-order valence-electron chi connectivity index (χ2n) is 8.43. The quantitative estimate of drug-likeness (QED) is 0.811. The maximum Gasteiger partial charge on any atom is 0.273 e. The van der Waals surface area contributed by atoms with Crippen LogP contribution in [0.1, 0.15) is 61.9 Å². The molecule has 3 heterocycles. The van der Waals surface area contributed by atoms with Crippen molar-refractivity contribution in [2.24, 2.45) is 5.92 Å². The number of fused-ring (bicyclic) bond motifs is 1. The maximum absolute atomic E-state index is 12.5. The molecule has 5 nitrogen and oxygen atoms in total. The number of rotatable bonds is 4. The molecular weight excluding hydrogens is 346 g/mol. The second kappa shape index (κ2) is 7.12. The Balaban J connectivity index is 1.16. The molecule has 1 saturated heterocycles. The molecule has 26 heavy (non-hydrogen) atoms. The average molecular weight is 376 g/mol. The van der Waals surface area contributed by atoms with Crippen LogP contribution in [0.4, 0.5) is 0 Å². The first-order chi connectivity index (χ1) is 12.8. The summed E-state index contributed by atoms with van der Waals surface area (Å²) in [7, 11) is 0. The van der Waals surface area contributed by atoms with E-state index in [-0.39, 0.29) is 0 Å². The number of carbonyl (C=O) groups is 1. The molecule has 0 aromatic carbocycles. The highest BCUT2D eigenvalue weighted by atomic mass is 32.1. The zero-order valence-electron chi connectivity index (χ0n) is 15.5. The van der Waals surface area contributed by atoms with Gasteiger partial charge in [0, 0.05) is 38.0 Å². The van der Waals surface area contributed by atoms with E-state index in [9.17, 15) is 4.79 Å². The van der Waals surface area contributed by atoms with Crippen molar-refractivity contribution >= 4 is 17.2 Å². The van der Waals surface area contributed by atoms with Crippen molar-refractivity contribution in [1.82, 2.24) is 14.8 Å². The topological polar surface area (TPSA) is 45.7 Å². The van der Waals surface area contributed by atoms with Gasteiger partial charge in [0.1, 0.15) is 6.10 Å². The summed E-state index contributed by atoms with van der Waals surface area (Å²) >= 11 is 1.67. The van der Waals surface area contributed by atoms with Crippen molar-refractivity contribution in [2.75, 3.05) is 19.6 Å². The van der Waals surface area contributed by atoms with Gasteiger partial charge in [0.15, 0.2) is 0 Å². The fourth-order valence-electron chi connectivity index (χ4n) is 4.58. The molecule has 2 saturated carbocycles. The predicted molar refractivity (Wildman–Crippen MR) is 101 cm³/mol. The van der Waals surface area contributed by atoms with Crippen molar-refractivity contribution in [3.63, 3.8) is 0 Å². The van der Waals surface area contributed by atoms with Gasteiger partial charge in [-0.15, -0.1) is 0 Å². The lowest BCUT2D eigenvalue weighted by atomic mass is 9.84. The van der Waals surface area contributed by atoms with Crippen molar-refractivity contribution in [1.29, 1.82) is 0 Å². The molecular formula is C20H29N3O2S. The van der Waals surface area contributed by atoms with Gasteiger partial charge in [-0.3, -0.25) is 4.79 Å². The van der Waals surface area contributed by atoms with Crippen LogP contribution >= 0.6 is 11.3 Å². The number of hydrogen-bond acceptors (Lipinski definition) is 5. The van der Waals surface area contributed by atoms with E-state index >= 15 is 0 Å². The van der Waals surface area contributed by atoms with Gasteiger partial charge in [-0.25, -0.2) is 4.98 Å². The number of likely N-dealkylation sites (tertiary alicyclic amines) is 1. The second-order valence-corrected chi connectivity index (χ2v) is 9.47. The third-order valence-corrected chi connectivity index (χ3v) is 7.79. The van der Waals surface area contributed by atoms with E-state index in [1.165, 1.54) is 43.6 Å². The molecule has 0 unspecified atom stereocenters. The Morgan fingerprint density at radius 1 is 1.04 bits per heavy atom. The van der Waals surface area contributed by atoms with Gasteiger partial charge >= 0.3 is 0 Å². The van der Waals surface area contributed by atoms with Crippen LogP contribution in [0.15, 0.2) is 0 Å². The average Bonchev–Trinajstić information content (AvgIpc) is 2.94. The molecule has 1 aromatic heterocycles. The summed E-state index contributed by atoms with van der Waals surface area (Å²) in [4.78, 5) is 23.2. The lowest BCUT2D eigenvalue weighted by Gasteiger charge is -2.41. The molecule has 5 rings (SSSR count). The maximum atomic E-state index is 12.5. The number of thiazole rings is 1. The summed E-state index contributed by atoms with van der Waals surface area (Å²) in [5, 5.41) is 0.829. The fourth-order valence-corrected chi connectivity index (χ4v) is 5.61. The van der Waals surface area contributed by atoms with Crippen LogP contribution in [-0.2, 0) is 17.8 Å². The van der Waals surface area contributed by atoms with Crippen LogP contribution in [0, 0.1) is 5.92 Å². The van der Waals surface area contributed by atoms with Crippen LogP contribution < -0.4 is 4.74 Å². The smallest absolute Gasteiger partial charge is 0.273 e. The largest absolute Gasteiger partial charge is 0.467 e. The SMILES string of the molecule is O=C(C1CCC1)N1CCc2nc(OC3CCN(C4CCC4)CC3)sc2C1. The number of hydrogen-bond donors (Lipinski definition) is 0. The number of aromatic nitrogens is 1. The Morgan fingerprint density at radius 2 is 1.81 bits per heavy atom. The van der Waals surface area contributed by atoms with Crippen LogP contribution in [0.5, 0.6) is 5.19 Å². The van der Waals surface area contributed by atoms with Gasteiger partial charge in [0.05, 0.1) is 17.1 Å². The number of ether oxygens (including phenoxy) is 1. The van der Waals surface area contributed by atoms with E-state index in [4.69, 9.17) is 9.72 Å². The Hall–Kier alpha value is -1.14. The van der Waals surface area contributed by atoms with Crippen LogP contribution in [0.3, 0.4) is 0 Å². The Morgan fingerprint density at radius 3 is 2.46 bits per heavy atom. The highest BCUT2D eigenvalue weighted by Gasteiger charge is 2.33. The van der Waals surface area contributed by atoms with Crippen molar-refractivity contribution in [3.05, 3.63) is 10.6 Å². The summed E-state index contributed by atoms with van der Waals surface area (Å²) in [5.41, 5.74) is 1.16. The van der Waals surface area contributed by atoms with Gasteiger partial charge in [0.2, 0.25) is 5.91 Å². The van der Waals surface area contributed by atoms with Gasteiger partial charge in [-0.05, 0) is 38.5 Å². The normalized spacial score (nSPS) is 25.5. The van der Waals surface area contributed by atoms with Crippen molar-refractivity contribution < 1.29 is 9.53 Å². The molecule has 1 amide bonds. The minimum atomic E-state index is 0.293. The Kier molecular flexibility index (Phi) is 4.65. The van der Waals surface area contributed by atoms with Crippen LogP contribution in [0.2, 0.25) is 0 Å². The molecule has 0 atom stereocenters. The van der Waals surface area contributed by atoms with Gasteiger partial charge < -0.3 is 14.5 Å². The van der Waals surface area contributed by atoms with Gasteiger partial charge in [-0.1, -0.05) is 24.2 Å². The minimum absolute atomic E-state index is 0.293. The summed E-state index contributed by atoms with van der Waals surface area (Å²) in [6.45, 7) is 3.91. The molecule has 4 aliphatic rings. The molecule has 0 bridgehead atoms.